The molecule has 148 valence electrons. The molecule has 1 unspecified atom stereocenters. The summed E-state index contributed by atoms with van der Waals surface area (Å²) >= 11 is 1.47. The summed E-state index contributed by atoms with van der Waals surface area (Å²) < 4.78 is 5.32. The zero-order valence-electron chi connectivity index (χ0n) is 16.3. The van der Waals surface area contributed by atoms with Crippen LogP contribution in [-0.2, 0) is 4.79 Å². The Labute approximate surface area is 168 Å². The summed E-state index contributed by atoms with van der Waals surface area (Å²) in [6.07, 6.45) is 1.98. The highest BCUT2D eigenvalue weighted by Crippen LogP contribution is 2.46. The van der Waals surface area contributed by atoms with E-state index in [1.54, 1.807) is 12.0 Å². The lowest BCUT2D eigenvalue weighted by atomic mass is 9.93. The van der Waals surface area contributed by atoms with Gasteiger partial charge >= 0.3 is 0 Å². The SMILES string of the molecule is COc1cccc(-c2sc(C)nc2C(=O)N2C[C@@H]3CC(C)C[C@@H]3[C@H]2C(N)=O)c1. The molecule has 1 aromatic heterocycles. The van der Waals surface area contributed by atoms with Crippen LogP contribution in [0.4, 0.5) is 0 Å². The maximum Gasteiger partial charge on any atom is 0.274 e. The highest BCUT2D eigenvalue weighted by Gasteiger charge is 2.51. The van der Waals surface area contributed by atoms with Crippen LogP contribution >= 0.6 is 11.3 Å². The number of methoxy groups -OCH3 is 1. The van der Waals surface area contributed by atoms with Crippen LogP contribution in [-0.4, -0.2) is 41.4 Å². The molecule has 0 spiro atoms. The monoisotopic (exact) mass is 399 g/mol. The summed E-state index contributed by atoms with van der Waals surface area (Å²) in [5.74, 6) is 1.19. The number of fused-ring (bicyclic) bond motifs is 1. The Balaban J connectivity index is 1.70. The molecule has 1 aromatic carbocycles. The first-order valence-corrected chi connectivity index (χ1v) is 10.4. The average molecular weight is 400 g/mol. The van der Waals surface area contributed by atoms with Crippen LogP contribution in [0.3, 0.4) is 0 Å². The van der Waals surface area contributed by atoms with Crippen molar-refractivity contribution in [3.05, 3.63) is 35.0 Å². The second-order valence-corrected chi connectivity index (χ2v) is 9.15. The molecule has 1 aliphatic heterocycles. The number of hydrogen-bond acceptors (Lipinski definition) is 5. The Kier molecular flexibility index (Phi) is 4.87. The van der Waals surface area contributed by atoms with Gasteiger partial charge in [-0.15, -0.1) is 11.3 Å². The molecule has 0 radical (unpaired) electrons. The van der Waals surface area contributed by atoms with Crippen molar-refractivity contribution < 1.29 is 14.3 Å². The highest BCUT2D eigenvalue weighted by atomic mass is 32.1. The molecule has 2 aromatic rings. The van der Waals surface area contributed by atoms with Gasteiger partial charge in [-0.2, -0.15) is 0 Å². The van der Waals surface area contributed by atoms with Crippen molar-refractivity contribution in [2.24, 2.45) is 23.5 Å². The summed E-state index contributed by atoms with van der Waals surface area (Å²) in [6.45, 7) is 4.67. The standard InChI is InChI=1S/C21H25N3O3S/c1-11-7-14-10-24(18(20(22)25)16(14)8-11)21(26)17-19(28-12(2)23-17)13-5-4-6-15(9-13)27-3/h4-6,9,11,14,16,18H,7-8,10H2,1-3H3,(H2,22,25)/t11?,14-,16-,18-/m0/s1. The van der Waals surface area contributed by atoms with Gasteiger partial charge in [0.25, 0.3) is 5.91 Å². The molecule has 28 heavy (non-hydrogen) atoms. The van der Waals surface area contributed by atoms with Crippen molar-refractivity contribution in [1.82, 2.24) is 9.88 Å². The Hall–Kier alpha value is -2.41. The largest absolute Gasteiger partial charge is 0.497 e. The topological polar surface area (TPSA) is 85.5 Å². The van der Waals surface area contributed by atoms with Gasteiger partial charge in [-0.1, -0.05) is 19.1 Å². The van der Waals surface area contributed by atoms with Gasteiger partial charge in [-0.25, -0.2) is 4.98 Å². The Morgan fingerprint density at radius 3 is 2.82 bits per heavy atom. The van der Waals surface area contributed by atoms with E-state index in [0.717, 1.165) is 34.0 Å². The minimum absolute atomic E-state index is 0.163. The van der Waals surface area contributed by atoms with Gasteiger partial charge < -0.3 is 15.4 Å². The quantitative estimate of drug-likeness (QED) is 0.856. The molecule has 4 rings (SSSR count). The molecule has 2 N–H and O–H groups in total. The summed E-state index contributed by atoms with van der Waals surface area (Å²) in [4.78, 5) is 32.7. The van der Waals surface area contributed by atoms with Gasteiger partial charge in [0, 0.05) is 6.54 Å². The third-order valence-corrected chi connectivity index (χ3v) is 7.00. The van der Waals surface area contributed by atoms with Gasteiger partial charge in [0.2, 0.25) is 5.91 Å². The van der Waals surface area contributed by atoms with E-state index >= 15 is 0 Å². The van der Waals surface area contributed by atoms with Crippen LogP contribution in [0.25, 0.3) is 10.4 Å². The number of aromatic nitrogens is 1. The van der Waals surface area contributed by atoms with Crippen LogP contribution in [0.15, 0.2) is 24.3 Å². The predicted octanol–water partition coefficient (Wildman–Crippen LogP) is 3.10. The normalized spacial score (nSPS) is 26.3. The predicted molar refractivity (Wildman–Crippen MR) is 108 cm³/mol. The summed E-state index contributed by atoms with van der Waals surface area (Å²) in [7, 11) is 1.62. The molecule has 4 atom stereocenters. The van der Waals surface area contributed by atoms with E-state index in [0.29, 0.717) is 24.1 Å². The molecule has 7 heteroatoms. The van der Waals surface area contributed by atoms with E-state index < -0.39 is 11.9 Å². The smallest absolute Gasteiger partial charge is 0.274 e. The summed E-state index contributed by atoms with van der Waals surface area (Å²) in [6, 6.07) is 7.06. The third-order valence-electron chi connectivity index (χ3n) is 5.98. The van der Waals surface area contributed by atoms with Crippen molar-refractivity contribution >= 4 is 23.2 Å². The number of nitrogens with zero attached hydrogens (tertiary/aromatic N) is 2. The molecule has 2 amide bonds. The molecular weight excluding hydrogens is 374 g/mol. The number of amides is 2. The Bertz CT molecular complexity index is 925. The second kappa shape index (κ2) is 7.20. The van der Waals surface area contributed by atoms with Crippen molar-refractivity contribution in [1.29, 1.82) is 0 Å². The number of rotatable bonds is 4. The zero-order valence-corrected chi connectivity index (χ0v) is 17.2. The zero-order chi connectivity index (χ0) is 20.0. The Morgan fingerprint density at radius 2 is 2.11 bits per heavy atom. The molecule has 2 heterocycles. The van der Waals surface area contributed by atoms with E-state index in [1.807, 2.05) is 31.2 Å². The van der Waals surface area contributed by atoms with Gasteiger partial charge in [-0.05, 0) is 55.2 Å². The molecule has 0 bridgehead atoms. The van der Waals surface area contributed by atoms with Crippen LogP contribution in [0, 0.1) is 24.7 Å². The van der Waals surface area contributed by atoms with Crippen LogP contribution in [0.5, 0.6) is 5.75 Å². The fraction of sp³-hybridized carbons (Fsp3) is 0.476. The van der Waals surface area contributed by atoms with Crippen molar-refractivity contribution in [2.75, 3.05) is 13.7 Å². The number of ether oxygens (including phenoxy) is 1. The van der Waals surface area contributed by atoms with E-state index in [-0.39, 0.29) is 11.8 Å². The van der Waals surface area contributed by atoms with Crippen LogP contribution in [0.2, 0.25) is 0 Å². The first kappa shape index (κ1) is 18.9. The van der Waals surface area contributed by atoms with Crippen LogP contribution in [0.1, 0.15) is 35.3 Å². The fourth-order valence-corrected chi connectivity index (χ4v) is 5.79. The highest BCUT2D eigenvalue weighted by molar-refractivity contribution is 7.15. The third kappa shape index (κ3) is 3.17. The first-order valence-electron chi connectivity index (χ1n) is 9.61. The second-order valence-electron chi connectivity index (χ2n) is 7.95. The molecule has 1 aliphatic carbocycles. The molecular formula is C21H25N3O3S. The number of likely N-dealkylation sites (tertiary alicyclic amines) is 1. The van der Waals surface area contributed by atoms with Gasteiger partial charge in [0.15, 0.2) is 0 Å². The molecule has 1 saturated heterocycles. The van der Waals surface area contributed by atoms with Gasteiger partial charge in [0.05, 0.1) is 17.0 Å². The van der Waals surface area contributed by atoms with Crippen LogP contribution < -0.4 is 10.5 Å². The van der Waals surface area contributed by atoms with Crippen molar-refractivity contribution in [2.45, 2.75) is 32.7 Å². The number of nitrogens with two attached hydrogens (primary N) is 1. The minimum Gasteiger partial charge on any atom is -0.497 e. The Morgan fingerprint density at radius 1 is 1.32 bits per heavy atom. The molecule has 2 aliphatic rings. The summed E-state index contributed by atoms with van der Waals surface area (Å²) in [5.41, 5.74) is 7.01. The van der Waals surface area contributed by atoms with E-state index in [1.165, 1.54) is 11.3 Å². The maximum absolute atomic E-state index is 13.5. The summed E-state index contributed by atoms with van der Waals surface area (Å²) in [5, 5.41) is 0.810. The number of carbonyl (C=O) groups excluding carboxylic acids is 2. The van der Waals surface area contributed by atoms with Gasteiger partial charge in [0.1, 0.15) is 17.5 Å². The lowest BCUT2D eigenvalue weighted by molar-refractivity contribution is -0.122. The molecule has 6 nitrogen and oxygen atoms in total. The number of carbonyl (C=O) groups is 2. The number of primary amides is 1. The van der Waals surface area contributed by atoms with E-state index in [9.17, 15) is 9.59 Å². The van der Waals surface area contributed by atoms with Gasteiger partial charge in [-0.3, -0.25) is 9.59 Å². The number of benzene rings is 1. The number of aryl methyl sites for hydroxylation is 1. The lowest BCUT2D eigenvalue weighted by Gasteiger charge is -2.25. The average Bonchev–Trinajstić information content (AvgIpc) is 3.32. The number of thiazole rings is 1. The van der Waals surface area contributed by atoms with Crippen molar-refractivity contribution in [3.63, 3.8) is 0 Å². The fourth-order valence-electron chi connectivity index (χ4n) is 4.88. The molecule has 1 saturated carbocycles. The number of hydrogen-bond donors (Lipinski definition) is 1. The minimum atomic E-state index is -0.539. The first-order chi connectivity index (χ1) is 13.4. The lowest BCUT2D eigenvalue weighted by Crippen LogP contribution is -2.46. The van der Waals surface area contributed by atoms with E-state index in [2.05, 4.69) is 11.9 Å². The van der Waals surface area contributed by atoms with E-state index in [4.69, 9.17) is 10.5 Å². The van der Waals surface area contributed by atoms with Crippen molar-refractivity contribution in [3.8, 4) is 16.2 Å². The maximum atomic E-state index is 13.5. The molecule has 2 fully saturated rings.